The van der Waals surface area contributed by atoms with E-state index in [4.69, 9.17) is 4.74 Å². The summed E-state index contributed by atoms with van der Waals surface area (Å²) in [5.41, 5.74) is 3.20. The van der Waals surface area contributed by atoms with Crippen LogP contribution in [0.3, 0.4) is 0 Å². The minimum atomic E-state index is -0.362. The number of methoxy groups -OCH3 is 1. The Hall–Kier alpha value is -2.82. The number of hydrogen-bond donors (Lipinski definition) is 0. The number of hydrogen-bond acceptors (Lipinski definition) is 3. The number of ether oxygens (including phenoxy) is 1. The second kappa shape index (κ2) is 5.52. The van der Waals surface area contributed by atoms with Crippen LogP contribution < -0.4 is 4.74 Å². The first-order valence-electron chi connectivity index (χ1n) is 6.94. The Balaban J connectivity index is 2.10. The molecule has 0 atom stereocenters. The van der Waals surface area contributed by atoms with Gasteiger partial charge in [0.25, 0.3) is 5.69 Å². The van der Waals surface area contributed by atoms with E-state index < -0.39 is 0 Å². The predicted molar refractivity (Wildman–Crippen MR) is 85.4 cm³/mol. The van der Waals surface area contributed by atoms with Crippen LogP contribution in [0.2, 0.25) is 0 Å². The summed E-state index contributed by atoms with van der Waals surface area (Å²) in [6.45, 7) is 0. The van der Waals surface area contributed by atoms with Gasteiger partial charge in [-0.25, -0.2) is 0 Å². The fourth-order valence-electron chi connectivity index (χ4n) is 2.77. The lowest BCUT2D eigenvalue weighted by molar-refractivity contribution is -0.384. The van der Waals surface area contributed by atoms with Crippen molar-refractivity contribution in [1.29, 1.82) is 0 Å². The van der Waals surface area contributed by atoms with E-state index in [1.807, 2.05) is 42.1 Å². The molecule has 0 amide bonds. The molecule has 2 aromatic carbocycles. The minimum Gasteiger partial charge on any atom is -0.496 e. The molecule has 112 valence electrons. The normalized spacial score (nSPS) is 10.8. The first-order chi connectivity index (χ1) is 10.6. The molecular formula is C17H16N2O3. The topological polar surface area (TPSA) is 57.3 Å². The summed E-state index contributed by atoms with van der Waals surface area (Å²) in [5.74, 6) is 0.824. The molecule has 0 aliphatic rings. The molecule has 0 bridgehead atoms. The highest BCUT2D eigenvalue weighted by molar-refractivity contribution is 5.86. The van der Waals surface area contributed by atoms with Crippen LogP contribution in [-0.4, -0.2) is 16.6 Å². The number of para-hydroxylation sites is 1. The number of fused-ring (bicyclic) bond motifs is 1. The summed E-state index contributed by atoms with van der Waals surface area (Å²) in [5, 5.41) is 11.9. The Morgan fingerprint density at radius 3 is 2.68 bits per heavy atom. The van der Waals surface area contributed by atoms with Gasteiger partial charge in [0, 0.05) is 42.7 Å². The van der Waals surface area contributed by atoms with Gasteiger partial charge in [-0.1, -0.05) is 18.2 Å². The van der Waals surface area contributed by atoms with Crippen molar-refractivity contribution in [3.05, 3.63) is 69.9 Å². The lowest BCUT2D eigenvalue weighted by Gasteiger charge is -2.07. The van der Waals surface area contributed by atoms with Crippen molar-refractivity contribution in [1.82, 2.24) is 4.57 Å². The van der Waals surface area contributed by atoms with Crippen LogP contribution in [0, 0.1) is 10.1 Å². The van der Waals surface area contributed by atoms with Crippen molar-refractivity contribution < 1.29 is 9.66 Å². The fourth-order valence-corrected chi connectivity index (χ4v) is 2.77. The summed E-state index contributed by atoms with van der Waals surface area (Å²) in [6.07, 6.45) is 2.68. The second-order valence-electron chi connectivity index (χ2n) is 5.21. The maximum atomic E-state index is 11.0. The van der Waals surface area contributed by atoms with Gasteiger partial charge in [0.15, 0.2) is 0 Å². The van der Waals surface area contributed by atoms with Gasteiger partial charge in [-0.15, -0.1) is 0 Å². The van der Waals surface area contributed by atoms with E-state index in [0.717, 1.165) is 27.8 Å². The molecule has 1 aromatic heterocycles. The molecule has 5 heteroatoms. The van der Waals surface area contributed by atoms with Crippen molar-refractivity contribution >= 4 is 16.6 Å². The summed E-state index contributed by atoms with van der Waals surface area (Å²) >= 11 is 0. The van der Waals surface area contributed by atoms with Crippen LogP contribution in [0.5, 0.6) is 5.75 Å². The second-order valence-corrected chi connectivity index (χ2v) is 5.21. The first-order valence-corrected chi connectivity index (χ1v) is 6.94. The van der Waals surface area contributed by atoms with E-state index in [2.05, 4.69) is 0 Å². The number of aromatic nitrogens is 1. The van der Waals surface area contributed by atoms with Crippen molar-refractivity contribution in [2.24, 2.45) is 7.05 Å². The molecule has 3 rings (SSSR count). The molecule has 0 saturated carbocycles. The molecule has 0 spiro atoms. The number of nitro groups is 1. The zero-order valence-corrected chi connectivity index (χ0v) is 12.4. The minimum absolute atomic E-state index is 0.111. The Morgan fingerprint density at radius 1 is 1.18 bits per heavy atom. The molecular weight excluding hydrogens is 280 g/mol. The predicted octanol–water partition coefficient (Wildman–Crippen LogP) is 3.69. The highest BCUT2D eigenvalue weighted by atomic mass is 16.6. The highest BCUT2D eigenvalue weighted by Crippen LogP contribution is 2.29. The summed E-state index contributed by atoms with van der Waals surface area (Å²) in [6, 6.07) is 12.8. The quantitative estimate of drug-likeness (QED) is 0.545. The Bertz CT molecular complexity index is 852. The molecule has 0 saturated heterocycles. The standard InChI is InChI=1S/C17H16N2O3/c1-18-11-13(9-12-5-3-4-6-17(12)22-2)15-10-14(19(20)21)7-8-16(15)18/h3-8,10-11H,9H2,1-2H3. The van der Waals surface area contributed by atoms with Crippen LogP contribution in [0.1, 0.15) is 11.1 Å². The maximum Gasteiger partial charge on any atom is 0.270 e. The van der Waals surface area contributed by atoms with Crippen molar-refractivity contribution in [3.63, 3.8) is 0 Å². The molecule has 1 heterocycles. The molecule has 0 fully saturated rings. The average molecular weight is 296 g/mol. The number of rotatable bonds is 4. The highest BCUT2D eigenvalue weighted by Gasteiger charge is 2.13. The summed E-state index contributed by atoms with van der Waals surface area (Å²) in [4.78, 5) is 10.6. The van der Waals surface area contributed by atoms with Gasteiger partial charge in [-0.2, -0.15) is 0 Å². The lowest BCUT2D eigenvalue weighted by atomic mass is 10.0. The van der Waals surface area contributed by atoms with E-state index in [-0.39, 0.29) is 10.6 Å². The van der Waals surface area contributed by atoms with Gasteiger partial charge >= 0.3 is 0 Å². The third kappa shape index (κ3) is 2.41. The van der Waals surface area contributed by atoms with E-state index in [1.54, 1.807) is 19.2 Å². The third-order valence-electron chi connectivity index (χ3n) is 3.84. The van der Waals surface area contributed by atoms with Gasteiger partial charge < -0.3 is 9.30 Å². The van der Waals surface area contributed by atoms with Crippen LogP contribution in [-0.2, 0) is 13.5 Å². The number of nitro benzene ring substituents is 1. The van der Waals surface area contributed by atoms with Crippen molar-refractivity contribution in [3.8, 4) is 5.75 Å². The molecule has 0 aliphatic carbocycles. The molecule has 5 nitrogen and oxygen atoms in total. The summed E-state index contributed by atoms with van der Waals surface area (Å²) < 4.78 is 7.37. The molecule has 0 aliphatic heterocycles. The Morgan fingerprint density at radius 2 is 1.95 bits per heavy atom. The molecule has 0 N–H and O–H groups in total. The van der Waals surface area contributed by atoms with Crippen LogP contribution in [0.4, 0.5) is 5.69 Å². The van der Waals surface area contributed by atoms with E-state index in [0.29, 0.717) is 6.42 Å². The van der Waals surface area contributed by atoms with Crippen LogP contribution in [0.15, 0.2) is 48.7 Å². The van der Waals surface area contributed by atoms with E-state index in [1.165, 1.54) is 6.07 Å². The Kier molecular flexibility index (Phi) is 3.55. The first kappa shape index (κ1) is 14.1. The maximum absolute atomic E-state index is 11.0. The fraction of sp³-hybridized carbons (Fsp3) is 0.176. The largest absolute Gasteiger partial charge is 0.496 e. The van der Waals surface area contributed by atoms with E-state index in [9.17, 15) is 10.1 Å². The average Bonchev–Trinajstić information content (AvgIpc) is 2.83. The van der Waals surface area contributed by atoms with E-state index >= 15 is 0 Å². The smallest absolute Gasteiger partial charge is 0.270 e. The zero-order chi connectivity index (χ0) is 15.7. The van der Waals surface area contributed by atoms with Crippen LogP contribution in [0.25, 0.3) is 10.9 Å². The number of aryl methyl sites for hydroxylation is 1. The Labute approximate surface area is 127 Å². The van der Waals surface area contributed by atoms with Gasteiger partial charge in [0.2, 0.25) is 0 Å². The number of benzene rings is 2. The third-order valence-corrected chi connectivity index (χ3v) is 3.84. The summed E-state index contributed by atoms with van der Waals surface area (Å²) in [7, 11) is 3.59. The monoisotopic (exact) mass is 296 g/mol. The van der Waals surface area contributed by atoms with Gasteiger partial charge in [-0.3, -0.25) is 10.1 Å². The van der Waals surface area contributed by atoms with Gasteiger partial charge in [0.05, 0.1) is 12.0 Å². The SMILES string of the molecule is COc1ccccc1Cc1cn(C)c2ccc([N+](=O)[O-])cc12. The molecule has 22 heavy (non-hydrogen) atoms. The molecule has 3 aromatic rings. The van der Waals surface area contributed by atoms with Gasteiger partial charge in [0.1, 0.15) is 5.75 Å². The van der Waals surface area contributed by atoms with Gasteiger partial charge in [-0.05, 0) is 23.3 Å². The number of nitrogens with zero attached hydrogens (tertiary/aromatic N) is 2. The number of non-ortho nitro benzene ring substituents is 1. The lowest BCUT2D eigenvalue weighted by Crippen LogP contribution is -1.93. The van der Waals surface area contributed by atoms with Crippen LogP contribution >= 0.6 is 0 Å². The van der Waals surface area contributed by atoms with Crippen molar-refractivity contribution in [2.75, 3.05) is 7.11 Å². The van der Waals surface area contributed by atoms with Crippen molar-refractivity contribution in [2.45, 2.75) is 6.42 Å². The zero-order valence-electron chi connectivity index (χ0n) is 12.4. The molecule has 0 radical (unpaired) electrons. The molecule has 0 unspecified atom stereocenters.